The molecule has 0 bridgehead atoms. The number of piperazine rings is 1. The van der Waals surface area contributed by atoms with Crippen LogP contribution in [0.2, 0.25) is 0 Å². The predicted octanol–water partition coefficient (Wildman–Crippen LogP) is 5.09. The summed E-state index contributed by atoms with van der Waals surface area (Å²) in [7, 11) is 0. The Morgan fingerprint density at radius 3 is 2.37 bits per heavy atom. The average molecular weight is 480 g/mol. The van der Waals surface area contributed by atoms with Gasteiger partial charge in [-0.2, -0.15) is 0 Å². The summed E-state index contributed by atoms with van der Waals surface area (Å²) < 4.78 is 10.8. The third kappa shape index (κ3) is 7.38. The summed E-state index contributed by atoms with van der Waals surface area (Å²) >= 11 is 0. The second-order valence-corrected chi connectivity index (χ2v) is 10.4. The van der Waals surface area contributed by atoms with Crippen molar-refractivity contribution in [3.63, 3.8) is 0 Å². The van der Waals surface area contributed by atoms with Gasteiger partial charge in [0, 0.05) is 38.4 Å². The van der Waals surface area contributed by atoms with Crippen LogP contribution in [0.1, 0.15) is 56.2 Å². The maximum atomic E-state index is 12.5. The smallest absolute Gasteiger partial charge is 0.410 e. The summed E-state index contributed by atoms with van der Waals surface area (Å²) in [6.45, 7) is 9.31. The normalized spacial score (nSPS) is 16.1. The first-order chi connectivity index (χ1) is 16.8. The molecule has 7 heteroatoms. The van der Waals surface area contributed by atoms with Crippen LogP contribution in [0.3, 0.4) is 0 Å². The van der Waals surface area contributed by atoms with Crippen LogP contribution in [0.4, 0.5) is 15.3 Å². The number of benzene rings is 2. The van der Waals surface area contributed by atoms with Crippen molar-refractivity contribution in [2.45, 2.75) is 58.2 Å². The lowest BCUT2D eigenvalue weighted by molar-refractivity contribution is 0.0528. The van der Waals surface area contributed by atoms with Crippen molar-refractivity contribution >= 4 is 17.9 Å². The molecule has 35 heavy (non-hydrogen) atoms. The zero-order chi connectivity index (χ0) is 24.8. The fourth-order valence-corrected chi connectivity index (χ4v) is 4.35. The fraction of sp³-hybridized carbons (Fsp3) is 0.500. The molecule has 0 radical (unpaired) electrons. The molecule has 1 aliphatic carbocycles. The maximum Gasteiger partial charge on any atom is 0.410 e. The molecule has 7 nitrogen and oxygen atoms in total. The summed E-state index contributed by atoms with van der Waals surface area (Å²) in [5.74, 6) is 0.612. The molecule has 188 valence electrons. The van der Waals surface area contributed by atoms with Gasteiger partial charge < -0.3 is 24.6 Å². The monoisotopic (exact) mass is 479 g/mol. The number of carbonyl (C=O) groups excluding carboxylic acids is 2. The Morgan fingerprint density at radius 1 is 1.00 bits per heavy atom. The number of alkyl carbamates (subject to hydrolysis) is 1. The first-order valence-corrected chi connectivity index (χ1v) is 12.6. The number of ether oxygens (including phenoxy) is 2. The van der Waals surface area contributed by atoms with Gasteiger partial charge in [0.2, 0.25) is 0 Å². The standard InChI is InChI=1S/C28H37N3O4/c1-28(2,3)35-26(32)29-14-13-23-11-12-24(19-25(23)22-9-10-22)30-15-17-31(18-16-30)27(33)34-20-21-7-5-4-6-8-21/h4-8,11-12,19,22H,9-10,13-18,20H2,1-3H3,(H,29,32). The number of carbonyl (C=O) groups is 2. The Hall–Kier alpha value is -3.22. The van der Waals surface area contributed by atoms with E-state index < -0.39 is 5.60 Å². The highest BCUT2D eigenvalue weighted by Crippen LogP contribution is 2.43. The molecule has 2 amide bonds. The van der Waals surface area contributed by atoms with Gasteiger partial charge in [0.05, 0.1) is 0 Å². The molecule has 0 atom stereocenters. The van der Waals surface area contributed by atoms with E-state index in [-0.39, 0.29) is 12.2 Å². The van der Waals surface area contributed by atoms with Gasteiger partial charge in [0.15, 0.2) is 0 Å². The molecule has 1 N–H and O–H groups in total. The van der Waals surface area contributed by atoms with Crippen molar-refractivity contribution in [1.29, 1.82) is 0 Å². The number of nitrogens with zero attached hydrogens (tertiary/aromatic N) is 2. The highest BCUT2D eigenvalue weighted by molar-refractivity contribution is 5.68. The molecule has 1 heterocycles. The van der Waals surface area contributed by atoms with Crippen molar-refractivity contribution in [1.82, 2.24) is 10.2 Å². The van der Waals surface area contributed by atoms with Gasteiger partial charge in [0.1, 0.15) is 12.2 Å². The van der Waals surface area contributed by atoms with Gasteiger partial charge in [-0.25, -0.2) is 9.59 Å². The Balaban J connectivity index is 1.28. The van der Waals surface area contributed by atoms with Gasteiger partial charge >= 0.3 is 12.2 Å². The highest BCUT2D eigenvalue weighted by Gasteiger charge is 2.28. The summed E-state index contributed by atoms with van der Waals surface area (Å²) in [4.78, 5) is 28.6. The van der Waals surface area contributed by atoms with Crippen LogP contribution in [0, 0.1) is 0 Å². The lowest BCUT2D eigenvalue weighted by atomic mass is 9.99. The van der Waals surface area contributed by atoms with E-state index in [9.17, 15) is 9.59 Å². The van der Waals surface area contributed by atoms with E-state index in [0.717, 1.165) is 25.1 Å². The molecule has 2 fully saturated rings. The molecule has 4 rings (SSSR count). The van der Waals surface area contributed by atoms with Crippen molar-refractivity contribution in [3.8, 4) is 0 Å². The number of nitrogens with one attached hydrogen (secondary N) is 1. The number of rotatable bonds is 7. The Kier molecular flexibility index (Phi) is 7.83. The third-order valence-electron chi connectivity index (χ3n) is 6.32. The van der Waals surface area contributed by atoms with Crippen molar-refractivity contribution in [2.24, 2.45) is 0 Å². The van der Waals surface area contributed by atoms with Crippen molar-refractivity contribution in [2.75, 3.05) is 37.6 Å². The first-order valence-electron chi connectivity index (χ1n) is 12.6. The zero-order valence-electron chi connectivity index (χ0n) is 21.1. The van der Waals surface area contributed by atoms with Crippen LogP contribution in [0.5, 0.6) is 0 Å². The minimum atomic E-state index is -0.493. The van der Waals surface area contributed by atoms with E-state index in [4.69, 9.17) is 9.47 Å². The third-order valence-corrected chi connectivity index (χ3v) is 6.32. The minimum Gasteiger partial charge on any atom is -0.445 e. The molecule has 0 aromatic heterocycles. The van der Waals surface area contributed by atoms with Crippen molar-refractivity contribution < 1.29 is 19.1 Å². The lowest BCUT2D eigenvalue weighted by Gasteiger charge is -2.36. The van der Waals surface area contributed by atoms with Crippen LogP contribution < -0.4 is 10.2 Å². The quantitative estimate of drug-likeness (QED) is 0.599. The van der Waals surface area contributed by atoms with Gasteiger partial charge in [-0.15, -0.1) is 0 Å². The van der Waals surface area contributed by atoms with Crippen LogP contribution in [-0.2, 0) is 22.5 Å². The van der Waals surface area contributed by atoms with E-state index in [1.165, 1.54) is 29.7 Å². The van der Waals surface area contributed by atoms with E-state index in [2.05, 4.69) is 28.4 Å². The number of hydrogen-bond acceptors (Lipinski definition) is 5. The second-order valence-electron chi connectivity index (χ2n) is 10.4. The minimum absolute atomic E-state index is 0.250. The molecule has 1 saturated carbocycles. The summed E-state index contributed by atoms with van der Waals surface area (Å²) in [5.41, 5.74) is 4.38. The SMILES string of the molecule is CC(C)(C)OC(=O)NCCc1ccc(N2CCN(C(=O)OCc3ccccc3)CC2)cc1C1CC1. The Morgan fingerprint density at radius 2 is 1.71 bits per heavy atom. The van der Waals surface area contributed by atoms with Crippen LogP contribution in [-0.4, -0.2) is 55.4 Å². The fourth-order valence-electron chi connectivity index (χ4n) is 4.35. The van der Waals surface area contributed by atoms with E-state index >= 15 is 0 Å². The molecule has 2 aromatic rings. The van der Waals surface area contributed by atoms with Crippen LogP contribution in [0.15, 0.2) is 48.5 Å². The first kappa shape index (κ1) is 24.9. The Bertz CT molecular complexity index is 1010. The molecule has 0 unspecified atom stereocenters. The summed E-state index contributed by atoms with van der Waals surface area (Å²) in [6.07, 6.45) is 2.60. The number of amides is 2. The van der Waals surface area contributed by atoms with E-state index in [0.29, 0.717) is 32.2 Å². The highest BCUT2D eigenvalue weighted by atomic mass is 16.6. The Labute approximate surface area is 208 Å². The molecule has 2 aliphatic rings. The van der Waals surface area contributed by atoms with Gasteiger partial charge in [0.25, 0.3) is 0 Å². The molecule has 2 aromatic carbocycles. The number of hydrogen-bond donors (Lipinski definition) is 1. The van der Waals surface area contributed by atoms with Crippen molar-refractivity contribution in [3.05, 3.63) is 65.2 Å². The largest absolute Gasteiger partial charge is 0.445 e. The van der Waals surface area contributed by atoms with Crippen LogP contribution in [0.25, 0.3) is 0 Å². The summed E-state index contributed by atoms with van der Waals surface area (Å²) in [5, 5.41) is 2.87. The second kappa shape index (κ2) is 11.0. The molecule has 0 spiro atoms. The van der Waals surface area contributed by atoms with Gasteiger partial charge in [-0.05, 0) is 74.8 Å². The van der Waals surface area contributed by atoms with E-state index in [1.807, 2.05) is 51.1 Å². The number of anilines is 1. The topological polar surface area (TPSA) is 71.1 Å². The van der Waals surface area contributed by atoms with Gasteiger partial charge in [-0.3, -0.25) is 0 Å². The predicted molar refractivity (Wildman–Crippen MR) is 137 cm³/mol. The van der Waals surface area contributed by atoms with E-state index in [1.54, 1.807) is 4.90 Å². The average Bonchev–Trinajstić information content (AvgIpc) is 3.68. The molecular weight excluding hydrogens is 442 g/mol. The molecular formula is C28H37N3O4. The molecule has 1 saturated heterocycles. The van der Waals surface area contributed by atoms with Gasteiger partial charge in [-0.1, -0.05) is 36.4 Å². The summed E-state index contributed by atoms with van der Waals surface area (Å²) in [6, 6.07) is 16.4. The molecule has 1 aliphatic heterocycles. The zero-order valence-corrected chi connectivity index (χ0v) is 21.1. The van der Waals surface area contributed by atoms with Crippen LogP contribution >= 0.6 is 0 Å². The lowest BCUT2D eigenvalue weighted by Crippen LogP contribution is -2.49. The maximum absolute atomic E-state index is 12.5.